The molecular weight excluding hydrogens is 372 g/mol. The fraction of sp³-hybridized carbons (Fsp3) is 0.300. The third kappa shape index (κ3) is 5.37. The van der Waals surface area contributed by atoms with Crippen molar-refractivity contribution in [2.75, 3.05) is 14.2 Å². The van der Waals surface area contributed by atoms with Gasteiger partial charge in [0.25, 0.3) is 0 Å². The van der Waals surface area contributed by atoms with Gasteiger partial charge < -0.3 is 18.9 Å². The monoisotopic (exact) mass is 392 g/mol. The highest BCUT2D eigenvalue weighted by molar-refractivity contribution is 6.32. The molecule has 0 radical (unpaired) electrons. The number of halogens is 1. The Morgan fingerprint density at radius 3 is 2.22 bits per heavy atom. The van der Waals surface area contributed by atoms with Gasteiger partial charge in [-0.2, -0.15) is 0 Å². The first-order valence-electron chi connectivity index (χ1n) is 8.24. The lowest BCUT2D eigenvalue weighted by atomic mass is 10.1. The summed E-state index contributed by atoms with van der Waals surface area (Å²) in [6.07, 6.45) is -0.0952. The Labute approximate surface area is 162 Å². The lowest BCUT2D eigenvalue weighted by Gasteiger charge is -2.16. The fourth-order valence-electron chi connectivity index (χ4n) is 2.27. The van der Waals surface area contributed by atoms with Crippen LogP contribution in [-0.4, -0.2) is 32.3 Å². The van der Waals surface area contributed by atoms with E-state index in [4.69, 9.17) is 25.8 Å². The topological polar surface area (TPSA) is 71.1 Å². The van der Waals surface area contributed by atoms with Crippen LogP contribution in [0.3, 0.4) is 0 Å². The summed E-state index contributed by atoms with van der Waals surface area (Å²) in [5.41, 5.74) is 1.40. The molecule has 0 bridgehead atoms. The number of esters is 2. The fourth-order valence-corrected chi connectivity index (χ4v) is 2.53. The maximum absolute atomic E-state index is 12.3. The maximum Gasteiger partial charge on any atom is 0.338 e. The highest BCUT2D eigenvalue weighted by atomic mass is 35.5. The van der Waals surface area contributed by atoms with Crippen LogP contribution in [-0.2, 0) is 16.1 Å². The zero-order valence-electron chi connectivity index (χ0n) is 15.6. The molecule has 6 nitrogen and oxygen atoms in total. The van der Waals surface area contributed by atoms with Crippen molar-refractivity contribution in [3.8, 4) is 11.5 Å². The second kappa shape index (κ2) is 9.28. The molecule has 0 N–H and O–H groups in total. The summed E-state index contributed by atoms with van der Waals surface area (Å²) in [6.45, 7) is 3.78. The summed E-state index contributed by atoms with van der Waals surface area (Å²) in [5.74, 6) is -0.248. The van der Waals surface area contributed by atoms with Crippen LogP contribution in [0.1, 0.15) is 40.1 Å². The smallest absolute Gasteiger partial charge is 0.338 e. The van der Waals surface area contributed by atoms with Crippen molar-refractivity contribution >= 4 is 23.5 Å². The van der Waals surface area contributed by atoms with Gasteiger partial charge >= 0.3 is 11.9 Å². The van der Waals surface area contributed by atoms with Crippen LogP contribution >= 0.6 is 11.6 Å². The third-order valence-electron chi connectivity index (χ3n) is 3.56. The number of hydrogen-bond donors (Lipinski definition) is 0. The number of carbonyl (C=O) groups is 2. The molecule has 0 saturated heterocycles. The predicted molar refractivity (Wildman–Crippen MR) is 101 cm³/mol. The van der Waals surface area contributed by atoms with Gasteiger partial charge in [0, 0.05) is 0 Å². The van der Waals surface area contributed by atoms with E-state index in [0.29, 0.717) is 17.1 Å². The Kier molecular flexibility index (Phi) is 7.07. The van der Waals surface area contributed by atoms with Crippen molar-refractivity contribution in [3.05, 3.63) is 58.1 Å². The molecule has 0 heterocycles. The Balaban J connectivity index is 2.09. The first-order chi connectivity index (χ1) is 12.8. The van der Waals surface area contributed by atoms with Gasteiger partial charge in [-0.3, -0.25) is 0 Å². The van der Waals surface area contributed by atoms with E-state index in [1.165, 1.54) is 26.4 Å². The summed E-state index contributed by atoms with van der Waals surface area (Å²) < 4.78 is 20.8. The van der Waals surface area contributed by atoms with Gasteiger partial charge in [-0.05, 0) is 43.7 Å². The van der Waals surface area contributed by atoms with E-state index in [0.717, 1.165) is 5.56 Å². The van der Waals surface area contributed by atoms with Crippen molar-refractivity contribution < 1.29 is 28.5 Å². The molecule has 0 aliphatic rings. The second-order valence-corrected chi connectivity index (χ2v) is 6.33. The molecule has 0 aliphatic carbocycles. The van der Waals surface area contributed by atoms with Gasteiger partial charge in [-0.15, -0.1) is 0 Å². The summed E-state index contributed by atoms with van der Waals surface area (Å²) >= 11 is 6.22. The zero-order valence-corrected chi connectivity index (χ0v) is 16.3. The SMILES string of the molecule is COC(=O)c1ccc(COC(=O)c2cc(Cl)c(OC(C)C)c(OC)c2)cc1. The first-order valence-corrected chi connectivity index (χ1v) is 8.62. The summed E-state index contributed by atoms with van der Waals surface area (Å²) in [7, 11) is 2.78. The van der Waals surface area contributed by atoms with E-state index in [1.807, 2.05) is 13.8 Å². The molecule has 144 valence electrons. The van der Waals surface area contributed by atoms with Crippen molar-refractivity contribution in [3.63, 3.8) is 0 Å². The quantitative estimate of drug-likeness (QED) is 0.655. The van der Waals surface area contributed by atoms with Gasteiger partial charge in [0.1, 0.15) is 6.61 Å². The molecule has 2 aromatic carbocycles. The van der Waals surface area contributed by atoms with Crippen LogP contribution < -0.4 is 9.47 Å². The average Bonchev–Trinajstić information content (AvgIpc) is 2.66. The number of ether oxygens (including phenoxy) is 4. The van der Waals surface area contributed by atoms with Gasteiger partial charge in [-0.1, -0.05) is 23.7 Å². The van der Waals surface area contributed by atoms with E-state index in [9.17, 15) is 9.59 Å². The summed E-state index contributed by atoms with van der Waals surface area (Å²) in [4.78, 5) is 23.8. The van der Waals surface area contributed by atoms with Crippen molar-refractivity contribution in [2.24, 2.45) is 0 Å². The van der Waals surface area contributed by atoms with Gasteiger partial charge in [0.2, 0.25) is 0 Å². The predicted octanol–water partition coefficient (Wildman–Crippen LogP) is 4.28. The third-order valence-corrected chi connectivity index (χ3v) is 3.84. The maximum atomic E-state index is 12.3. The number of methoxy groups -OCH3 is 2. The molecule has 0 atom stereocenters. The minimum Gasteiger partial charge on any atom is -0.493 e. The Morgan fingerprint density at radius 1 is 1.00 bits per heavy atom. The van der Waals surface area contributed by atoms with Crippen LogP contribution in [0, 0.1) is 0 Å². The standard InChI is InChI=1S/C20H21ClO6/c1-12(2)27-18-16(21)9-15(10-17(18)24-3)20(23)26-11-13-5-7-14(8-6-13)19(22)25-4/h5-10,12H,11H2,1-4H3. The average molecular weight is 393 g/mol. The Bertz CT molecular complexity index is 814. The normalized spacial score (nSPS) is 10.4. The molecule has 2 rings (SSSR count). The summed E-state index contributed by atoms with van der Waals surface area (Å²) in [6, 6.07) is 9.58. The highest BCUT2D eigenvalue weighted by Crippen LogP contribution is 2.37. The van der Waals surface area contributed by atoms with Crippen LogP contribution in [0.2, 0.25) is 5.02 Å². The molecular formula is C20H21ClO6. The van der Waals surface area contributed by atoms with Gasteiger partial charge in [0.15, 0.2) is 11.5 Å². The first kappa shape index (κ1) is 20.6. The van der Waals surface area contributed by atoms with E-state index in [-0.39, 0.29) is 23.3 Å². The highest BCUT2D eigenvalue weighted by Gasteiger charge is 2.18. The molecule has 0 amide bonds. The van der Waals surface area contributed by atoms with Crippen molar-refractivity contribution in [2.45, 2.75) is 26.6 Å². The van der Waals surface area contributed by atoms with Crippen molar-refractivity contribution in [1.29, 1.82) is 0 Å². The minimum absolute atomic E-state index is 0.0461. The van der Waals surface area contributed by atoms with Crippen LogP contribution in [0.25, 0.3) is 0 Å². The largest absolute Gasteiger partial charge is 0.493 e. The molecule has 2 aromatic rings. The molecule has 0 aromatic heterocycles. The lowest BCUT2D eigenvalue weighted by molar-refractivity contribution is 0.0471. The Hall–Kier alpha value is -2.73. The van der Waals surface area contributed by atoms with Gasteiger partial charge in [-0.25, -0.2) is 9.59 Å². The lowest BCUT2D eigenvalue weighted by Crippen LogP contribution is -2.10. The van der Waals surface area contributed by atoms with Crippen LogP contribution in [0.15, 0.2) is 36.4 Å². The zero-order chi connectivity index (χ0) is 20.0. The second-order valence-electron chi connectivity index (χ2n) is 5.92. The van der Waals surface area contributed by atoms with Crippen LogP contribution in [0.5, 0.6) is 11.5 Å². The van der Waals surface area contributed by atoms with E-state index in [2.05, 4.69) is 4.74 Å². The molecule has 0 aliphatic heterocycles. The summed E-state index contributed by atoms with van der Waals surface area (Å²) in [5, 5.41) is 0.262. The number of rotatable bonds is 7. The van der Waals surface area contributed by atoms with Crippen LogP contribution in [0.4, 0.5) is 0 Å². The molecule has 27 heavy (non-hydrogen) atoms. The molecule has 7 heteroatoms. The number of hydrogen-bond acceptors (Lipinski definition) is 6. The van der Waals surface area contributed by atoms with E-state index in [1.54, 1.807) is 24.3 Å². The van der Waals surface area contributed by atoms with Crippen molar-refractivity contribution in [1.82, 2.24) is 0 Å². The number of benzene rings is 2. The molecule has 0 saturated carbocycles. The molecule has 0 unspecified atom stereocenters. The van der Waals surface area contributed by atoms with E-state index >= 15 is 0 Å². The Morgan fingerprint density at radius 2 is 1.67 bits per heavy atom. The van der Waals surface area contributed by atoms with E-state index < -0.39 is 11.9 Å². The molecule has 0 fully saturated rings. The van der Waals surface area contributed by atoms with Gasteiger partial charge in [0.05, 0.1) is 36.5 Å². The number of carbonyl (C=O) groups excluding carboxylic acids is 2. The minimum atomic E-state index is -0.552. The molecule has 0 spiro atoms.